The van der Waals surface area contributed by atoms with Crippen molar-refractivity contribution in [2.24, 2.45) is 5.92 Å². The lowest BCUT2D eigenvalue weighted by Gasteiger charge is -2.30. The maximum atomic E-state index is 6.34. The first-order valence-electron chi connectivity index (χ1n) is 9.80. The molecule has 136 valence electrons. The Labute approximate surface area is 156 Å². The molecular weight excluding hydrogens is 320 g/mol. The first-order chi connectivity index (χ1) is 12.8. The summed E-state index contributed by atoms with van der Waals surface area (Å²) in [6, 6.07) is 14.9. The van der Waals surface area contributed by atoms with Crippen LogP contribution in [0.25, 0.3) is 16.6 Å². The fraction of sp³-hybridized carbons (Fsp3) is 0.391. The molecule has 0 saturated carbocycles. The third kappa shape index (κ3) is 3.36. The van der Waals surface area contributed by atoms with Crippen molar-refractivity contribution in [3.05, 3.63) is 60.4 Å². The van der Waals surface area contributed by atoms with Gasteiger partial charge in [-0.05, 0) is 68.1 Å². The van der Waals surface area contributed by atoms with Gasteiger partial charge in [0.05, 0.1) is 0 Å². The topological polar surface area (TPSA) is 25.7 Å². The van der Waals surface area contributed by atoms with E-state index in [9.17, 15) is 0 Å². The van der Waals surface area contributed by atoms with E-state index < -0.39 is 0 Å². The van der Waals surface area contributed by atoms with Crippen LogP contribution in [0.2, 0.25) is 0 Å². The van der Waals surface area contributed by atoms with Gasteiger partial charge in [0.2, 0.25) is 0 Å². The van der Waals surface area contributed by atoms with Gasteiger partial charge in [-0.15, -0.1) is 0 Å². The molecule has 0 aliphatic carbocycles. The second-order valence-electron chi connectivity index (χ2n) is 7.36. The van der Waals surface area contributed by atoms with E-state index in [1.165, 1.54) is 35.0 Å². The molecule has 0 spiro atoms. The SMILES string of the molecule is CCC(Oc1ccc(-c2cn3ccccc3c2C)cc1)C1CCCNC1. The van der Waals surface area contributed by atoms with Crippen molar-refractivity contribution < 1.29 is 4.74 Å². The van der Waals surface area contributed by atoms with E-state index in [2.05, 4.69) is 78.4 Å². The van der Waals surface area contributed by atoms with Crippen LogP contribution in [0.15, 0.2) is 54.9 Å². The summed E-state index contributed by atoms with van der Waals surface area (Å²) in [5.74, 6) is 1.60. The van der Waals surface area contributed by atoms with Gasteiger partial charge in [-0.3, -0.25) is 0 Å². The van der Waals surface area contributed by atoms with Gasteiger partial charge < -0.3 is 14.5 Å². The van der Waals surface area contributed by atoms with Crippen LogP contribution in [0.1, 0.15) is 31.7 Å². The van der Waals surface area contributed by atoms with Crippen molar-refractivity contribution in [3.8, 4) is 16.9 Å². The molecule has 2 unspecified atom stereocenters. The second-order valence-corrected chi connectivity index (χ2v) is 7.36. The Kier molecular flexibility index (Phi) is 4.98. The first kappa shape index (κ1) is 17.2. The van der Waals surface area contributed by atoms with E-state index in [1.807, 2.05) is 0 Å². The number of ether oxygens (including phenoxy) is 1. The van der Waals surface area contributed by atoms with Crippen molar-refractivity contribution in [2.45, 2.75) is 39.2 Å². The Morgan fingerprint density at radius 3 is 2.73 bits per heavy atom. The van der Waals surface area contributed by atoms with E-state index in [1.54, 1.807) is 0 Å². The van der Waals surface area contributed by atoms with E-state index >= 15 is 0 Å². The Bertz CT molecular complexity index is 860. The molecule has 3 heterocycles. The van der Waals surface area contributed by atoms with Crippen molar-refractivity contribution in [1.29, 1.82) is 0 Å². The molecular formula is C23H28N2O. The highest BCUT2D eigenvalue weighted by Crippen LogP contribution is 2.30. The minimum Gasteiger partial charge on any atom is -0.490 e. The van der Waals surface area contributed by atoms with Gasteiger partial charge in [0.15, 0.2) is 0 Å². The minimum absolute atomic E-state index is 0.299. The molecule has 1 fully saturated rings. The van der Waals surface area contributed by atoms with Crippen molar-refractivity contribution in [3.63, 3.8) is 0 Å². The smallest absolute Gasteiger partial charge is 0.119 e. The van der Waals surface area contributed by atoms with Crippen LogP contribution in [0.4, 0.5) is 0 Å². The standard InChI is InChI=1S/C23H28N2O/c1-3-23(19-7-6-13-24-15-19)26-20-11-9-18(10-12-20)21-16-25-14-5-4-8-22(25)17(21)2/h4-5,8-12,14,16,19,23-24H,3,6-7,13,15H2,1-2H3. The largest absolute Gasteiger partial charge is 0.490 e. The van der Waals surface area contributed by atoms with Gasteiger partial charge in [0, 0.05) is 35.9 Å². The summed E-state index contributed by atoms with van der Waals surface area (Å²) in [6.07, 6.45) is 8.19. The highest BCUT2D eigenvalue weighted by molar-refractivity contribution is 5.76. The number of benzene rings is 1. The molecule has 26 heavy (non-hydrogen) atoms. The molecule has 2 aromatic heterocycles. The number of aromatic nitrogens is 1. The third-order valence-electron chi connectivity index (χ3n) is 5.66. The molecule has 4 rings (SSSR count). The molecule has 0 bridgehead atoms. The lowest BCUT2D eigenvalue weighted by Crippen LogP contribution is -2.39. The Hall–Kier alpha value is -2.26. The predicted molar refractivity (Wildman–Crippen MR) is 108 cm³/mol. The van der Waals surface area contributed by atoms with Crippen LogP contribution < -0.4 is 10.1 Å². The van der Waals surface area contributed by atoms with Crippen LogP contribution in [-0.2, 0) is 0 Å². The zero-order valence-corrected chi connectivity index (χ0v) is 15.7. The minimum atomic E-state index is 0.299. The number of fused-ring (bicyclic) bond motifs is 1. The summed E-state index contributed by atoms with van der Waals surface area (Å²) in [4.78, 5) is 0. The lowest BCUT2D eigenvalue weighted by atomic mass is 9.92. The molecule has 1 N–H and O–H groups in total. The van der Waals surface area contributed by atoms with Gasteiger partial charge in [0.1, 0.15) is 11.9 Å². The van der Waals surface area contributed by atoms with Crippen LogP contribution in [0.3, 0.4) is 0 Å². The van der Waals surface area contributed by atoms with Crippen LogP contribution in [0.5, 0.6) is 5.75 Å². The van der Waals surface area contributed by atoms with Gasteiger partial charge >= 0.3 is 0 Å². The van der Waals surface area contributed by atoms with Crippen LogP contribution >= 0.6 is 0 Å². The molecule has 1 aliphatic rings. The second kappa shape index (κ2) is 7.55. The summed E-state index contributed by atoms with van der Waals surface area (Å²) in [5.41, 5.74) is 5.11. The average Bonchev–Trinajstić information content (AvgIpc) is 3.04. The number of nitrogens with one attached hydrogen (secondary N) is 1. The third-order valence-corrected chi connectivity index (χ3v) is 5.66. The van der Waals surface area contributed by atoms with Crippen LogP contribution in [-0.4, -0.2) is 23.6 Å². The van der Waals surface area contributed by atoms with E-state index in [4.69, 9.17) is 4.74 Å². The molecule has 1 aromatic carbocycles. The average molecular weight is 348 g/mol. The number of aryl methyl sites for hydroxylation is 1. The molecule has 1 aliphatic heterocycles. The molecule has 2 atom stereocenters. The monoisotopic (exact) mass is 348 g/mol. The normalized spacial score (nSPS) is 18.8. The van der Waals surface area contributed by atoms with Gasteiger partial charge in [-0.25, -0.2) is 0 Å². The number of hydrogen-bond acceptors (Lipinski definition) is 2. The molecule has 3 heteroatoms. The van der Waals surface area contributed by atoms with Gasteiger partial charge in [0.25, 0.3) is 0 Å². The lowest BCUT2D eigenvalue weighted by molar-refractivity contribution is 0.111. The molecule has 0 radical (unpaired) electrons. The fourth-order valence-corrected chi connectivity index (χ4v) is 4.15. The predicted octanol–water partition coefficient (Wildman–Crippen LogP) is 5.07. The van der Waals surface area contributed by atoms with Crippen molar-refractivity contribution in [1.82, 2.24) is 9.72 Å². The van der Waals surface area contributed by atoms with E-state index in [0.717, 1.165) is 25.3 Å². The zero-order chi connectivity index (χ0) is 17.9. The highest BCUT2D eigenvalue weighted by Gasteiger charge is 2.23. The van der Waals surface area contributed by atoms with E-state index in [-0.39, 0.29) is 0 Å². The number of pyridine rings is 1. The van der Waals surface area contributed by atoms with E-state index in [0.29, 0.717) is 12.0 Å². The van der Waals surface area contributed by atoms with Gasteiger partial charge in [-0.1, -0.05) is 25.1 Å². The quantitative estimate of drug-likeness (QED) is 0.696. The number of hydrogen-bond donors (Lipinski definition) is 1. The molecule has 0 amide bonds. The Morgan fingerprint density at radius 1 is 1.19 bits per heavy atom. The fourth-order valence-electron chi connectivity index (χ4n) is 4.15. The summed E-state index contributed by atoms with van der Waals surface area (Å²) in [7, 11) is 0. The zero-order valence-electron chi connectivity index (χ0n) is 15.7. The summed E-state index contributed by atoms with van der Waals surface area (Å²) in [5, 5.41) is 3.50. The summed E-state index contributed by atoms with van der Waals surface area (Å²) in [6.45, 7) is 6.64. The molecule has 3 aromatic rings. The molecule has 1 saturated heterocycles. The number of rotatable bonds is 5. The van der Waals surface area contributed by atoms with Gasteiger partial charge in [-0.2, -0.15) is 0 Å². The Morgan fingerprint density at radius 2 is 2.04 bits per heavy atom. The molecule has 3 nitrogen and oxygen atoms in total. The highest BCUT2D eigenvalue weighted by atomic mass is 16.5. The summed E-state index contributed by atoms with van der Waals surface area (Å²) >= 11 is 0. The van der Waals surface area contributed by atoms with Crippen molar-refractivity contribution >= 4 is 5.52 Å². The first-order valence-corrected chi connectivity index (χ1v) is 9.80. The Balaban J connectivity index is 1.53. The number of nitrogens with zero attached hydrogens (tertiary/aromatic N) is 1. The summed E-state index contributed by atoms with van der Waals surface area (Å²) < 4.78 is 8.53. The number of piperidine rings is 1. The van der Waals surface area contributed by atoms with Crippen LogP contribution in [0, 0.1) is 12.8 Å². The maximum Gasteiger partial charge on any atom is 0.119 e. The maximum absolute atomic E-state index is 6.34. The van der Waals surface area contributed by atoms with Crippen molar-refractivity contribution in [2.75, 3.05) is 13.1 Å².